The third-order valence-corrected chi connectivity index (χ3v) is 8.45. The van der Waals surface area contributed by atoms with Gasteiger partial charge in [0.15, 0.2) is 0 Å². The second-order valence-electron chi connectivity index (χ2n) is 7.90. The third-order valence-electron chi connectivity index (χ3n) is 6.05. The second-order valence-corrected chi connectivity index (χ2v) is 10.2. The van der Waals surface area contributed by atoms with Crippen molar-refractivity contribution in [3.8, 4) is 5.75 Å². The van der Waals surface area contributed by atoms with Crippen LogP contribution in [0.2, 0.25) is 5.02 Å². The molecule has 1 fully saturated rings. The van der Waals surface area contributed by atoms with E-state index in [9.17, 15) is 8.42 Å². The van der Waals surface area contributed by atoms with Gasteiger partial charge in [-0.1, -0.05) is 29.8 Å². The van der Waals surface area contributed by atoms with Gasteiger partial charge in [0.1, 0.15) is 10.6 Å². The predicted molar refractivity (Wildman–Crippen MR) is 115 cm³/mol. The van der Waals surface area contributed by atoms with Crippen molar-refractivity contribution in [1.82, 2.24) is 9.21 Å². The summed E-state index contributed by atoms with van der Waals surface area (Å²) in [5.41, 5.74) is 2.75. The fourth-order valence-electron chi connectivity index (χ4n) is 4.36. The van der Waals surface area contributed by atoms with Crippen LogP contribution in [-0.2, 0) is 23.0 Å². The first-order chi connectivity index (χ1) is 14.0. The normalized spacial score (nSPS) is 19.1. The van der Waals surface area contributed by atoms with E-state index in [1.54, 1.807) is 35.7 Å². The molecule has 2 aromatic carbocycles. The first-order valence-corrected chi connectivity index (χ1v) is 11.9. The molecule has 2 heterocycles. The summed E-state index contributed by atoms with van der Waals surface area (Å²) >= 11 is 6.13. The Balaban J connectivity index is 1.34. The highest BCUT2D eigenvalue weighted by molar-refractivity contribution is 7.89. The molecular weight excluding hydrogens is 408 g/mol. The summed E-state index contributed by atoms with van der Waals surface area (Å²) in [7, 11) is -1.82. The van der Waals surface area contributed by atoms with Gasteiger partial charge in [-0.25, -0.2) is 8.42 Å². The van der Waals surface area contributed by atoms with Crippen molar-refractivity contribution >= 4 is 21.6 Å². The van der Waals surface area contributed by atoms with Gasteiger partial charge in [0, 0.05) is 32.7 Å². The molecule has 0 atom stereocenters. The molecule has 2 aliphatic heterocycles. The summed E-state index contributed by atoms with van der Waals surface area (Å²) in [6, 6.07) is 13.0. The van der Waals surface area contributed by atoms with Crippen molar-refractivity contribution in [3.05, 3.63) is 58.6 Å². The van der Waals surface area contributed by atoms with Crippen LogP contribution in [-0.4, -0.2) is 50.9 Å². The summed E-state index contributed by atoms with van der Waals surface area (Å²) in [5, 5.41) is 0.290. The highest BCUT2D eigenvalue weighted by atomic mass is 35.5. The average molecular weight is 435 g/mol. The highest BCUT2D eigenvalue weighted by Gasteiger charge is 2.31. The summed E-state index contributed by atoms with van der Waals surface area (Å²) in [5.74, 6) is 1.44. The number of nitrogens with zero attached hydrogens (tertiary/aromatic N) is 2. The molecule has 0 saturated carbocycles. The molecule has 0 aromatic heterocycles. The molecule has 0 aliphatic carbocycles. The van der Waals surface area contributed by atoms with Crippen LogP contribution in [0.3, 0.4) is 0 Å². The van der Waals surface area contributed by atoms with E-state index in [2.05, 4.69) is 17.0 Å². The number of fused-ring (bicyclic) bond motifs is 1. The van der Waals surface area contributed by atoms with Crippen molar-refractivity contribution in [2.75, 3.05) is 33.3 Å². The zero-order valence-corrected chi connectivity index (χ0v) is 18.3. The number of sulfonamides is 1. The summed E-state index contributed by atoms with van der Waals surface area (Å²) < 4.78 is 32.7. The van der Waals surface area contributed by atoms with E-state index in [0.29, 0.717) is 24.0 Å². The maximum Gasteiger partial charge on any atom is 0.244 e. The van der Waals surface area contributed by atoms with E-state index in [0.717, 1.165) is 44.6 Å². The largest absolute Gasteiger partial charge is 0.497 e. The number of methoxy groups -OCH3 is 1. The summed E-state index contributed by atoms with van der Waals surface area (Å²) in [6.07, 6.45) is 2.80. The fraction of sp³-hybridized carbons (Fsp3) is 0.455. The second kappa shape index (κ2) is 8.64. The molecular formula is C22H27ClN2O3S. The lowest BCUT2D eigenvalue weighted by Gasteiger charge is -2.36. The molecule has 2 aliphatic rings. The van der Waals surface area contributed by atoms with E-state index < -0.39 is 10.0 Å². The molecule has 2 aromatic rings. The van der Waals surface area contributed by atoms with E-state index in [4.69, 9.17) is 16.3 Å². The lowest BCUT2D eigenvalue weighted by molar-refractivity contribution is 0.171. The molecule has 1 saturated heterocycles. The molecule has 0 bridgehead atoms. The molecule has 0 N–H and O–H groups in total. The Kier molecular flexibility index (Phi) is 6.16. The van der Waals surface area contributed by atoms with Gasteiger partial charge >= 0.3 is 0 Å². The molecule has 0 spiro atoms. The van der Waals surface area contributed by atoms with E-state index in [1.807, 2.05) is 6.07 Å². The topological polar surface area (TPSA) is 49.9 Å². The van der Waals surface area contributed by atoms with Gasteiger partial charge in [0.2, 0.25) is 10.0 Å². The van der Waals surface area contributed by atoms with Gasteiger partial charge in [-0.2, -0.15) is 4.31 Å². The molecule has 0 radical (unpaired) electrons. The summed E-state index contributed by atoms with van der Waals surface area (Å²) in [4.78, 5) is 2.71. The number of halogens is 1. The third kappa shape index (κ3) is 4.45. The number of benzene rings is 2. The number of piperidine rings is 1. The molecule has 156 valence electrons. The Hall–Kier alpha value is -1.60. The van der Waals surface area contributed by atoms with Crippen molar-refractivity contribution in [1.29, 1.82) is 0 Å². The van der Waals surface area contributed by atoms with Gasteiger partial charge in [-0.15, -0.1) is 0 Å². The Morgan fingerprint density at radius 3 is 2.55 bits per heavy atom. The smallest absolute Gasteiger partial charge is 0.244 e. The maximum absolute atomic E-state index is 12.9. The van der Waals surface area contributed by atoms with Gasteiger partial charge < -0.3 is 4.74 Å². The van der Waals surface area contributed by atoms with Crippen LogP contribution < -0.4 is 4.74 Å². The SMILES string of the molecule is COc1ccc2c(c1)CCN(CC1CCN(S(=O)(=O)c3ccccc3Cl)CC1)C2. The van der Waals surface area contributed by atoms with Gasteiger partial charge in [0.25, 0.3) is 0 Å². The lowest BCUT2D eigenvalue weighted by atomic mass is 9.94. The number of ether oxygens (including phenoxy) is 1. The van der Waals surface area contributed by atoms with Gasteiger partial charge in [-0.05, 0) is 60.6 Å². The molecule has 29 heavy (non-hydrogen) atoms. The van der Waals surface area contributed by atoms with Crippen molar-refractivity contribution < 1.29 is 13.2 Å². The Morgan fingerprint density at radius 2 is 1.83 bits per heavy atom. The van der Waals surface area contributed by atoms with E-state index >= 15 is 0 Å². The Bertz CT molecular complexity index is 972. The zero-order chi connectivity index (χ0) is 20.4. The maximum atomic E-state index is 12.9. The monoisotopic (exact) mass is 434 g/mol. The summed E-state index contributed by atoms with van der Waals surface area (Å²) in [6.45, 7) is 4.13. The average Bonchev–Trinajstić information content (AvgIpc) is 2.74. The van der Waals surface area contributed by atoms with Crippen molar-refractivity contribution in [3.63, 3.8) is 0 Å². The predicted octanol–water partition coefficient (Wildman–Crippen LogP) is 3.81. The minimum absolute atomic E-state index is 0.211. The Morgan fingerprint density at radius 1 is 1.07 bits per heavy atom. The van der Waals surface area contributed by atoms with Crippen LogP contribution in [0, 0.1) is 5.92 Å². The molecule has 7 heteroatoms. The van der Waals surface area contributed by atoms with Crippen molar-refractivity contribution in [2.45, 2.75) is 30.7 Å². The van der Waals surface area contributed by atoms with Gasteiger partial charge in [0.05, 0.1) is 12.1 Å². The standard InChI is InChI=1S/C22H27ClN2O3S/c1-28-20-7-6-19-16-24(11-10-18(19)14-20)15-17-8-12-25(13-9-17)29(26,27)22-5-3-2-4-21(22)23/h2-7,14,17H,8-13,15-16H2,1H3. The van der Waals surface area contributed by atoms with Crippen LogP contribution in [0.4, 0.5) is 0 Å². The van der Waals surface area contributed by atoms with Crippen LogP contribution >= 0.6 is 11.6 Å². The van der Waals surface area contributed by atoms with Crippen LogP contribution in [0.15, 0.2) is 47.4 Å². The van der Waals surface area contributed by atoms with Crippen LogP contribution in [0.1, 0.15) is 24.0 Å². The quantitative estimate of drug-likeness (QED) is 0.718. The fourth-order valence-corrected chi connectivity index (χ4v) is 6.32. The van der Waals surface area contributed by atoms with Gasteiger partial charge in [-0.3, -0.25) is 4.90 Å². The van der Waals surface area contributed by atoms with Crippen LogP contribution in [0.5, 0.6) is 5.75 Å². The first kappa shape index (κ1) is 20.7. The molecule has 0 unspecified atom stereocenters. The zero-order valence-electron chi connectivity index (χ0n) is 16.7. The highest BCUT2D eigenvalue weighted by Crippen LogP contribution is 2.30. The molecule has 4 rings (SSSR count). The van der Waals surface area contributed by atoms with E-state index in [-0.39, 0.29) is 4.90 Å². The molecule has 0 amide bonds. The number of hydrogen-bond acceptors (Lipinski definition) is 4. The molecule has 5 nitrogen and oxygen atoms in total. The lowest BCUT2D eigenvalue weighted by Crippen LogP contribution is -2.42. The number of hydrogen-bond donors (Lipinski definition) is 0. The number of rotatable bonds is 5. The van der Waals surface area contributed by atoms with E-state index in [1.165, 1.54) is 11.1 Å². The minimum atomic E-state index is -3.52. The Labute approximate surface area is 178 Å². The van der Waals surface area contributed by atoms with Crippen LogP contribution in [0.25, 0.3) is 0 Å². The minimum Gasteiger partial charge on any atom is -0.497 e. The first-order valence-electron chi connectivity index (χ1n) is 10.1. The van der Waals surface area contributed by atoms with Crippen molar-refractivity contribution in [2.24, 2.45) is 5.92 Å².